The quantitative estimate of drug-likeness (QED) is 0.247. The van der Waals surface area contributed by atoms with Crippen LogP contribution in [-0.2, 0) is 4.79 Å². The third-order valence-corrected chi connectivity index (χ3v) is 6.32. The fourth-order valence-corrected chi connectivity index (χ4v) is 4.25. The first-order chi connectivity index (χ1) is 17.5. The molecular weight excluding hydrogens is 472 g/mol. The summed E-state index contributed by atoms with van der Waals surface area (Å²) in [4.78, 5) is 26.2. The second kappa shape index (κ2) is 12.0. The van der Waals surface area contributed by atoms with Gasteiger partial charge in [-0.3, -0.25) is 9.59 Å². The number of hydrogen-bond donors (Lipinski definition) is 2. The third-order valence-electron chi connectivity index (χ3n) is 5.23. The maximum Gasteiger partial charge on any atom is 0.255 e. The molecule has 0 aromatic heterocycles. The van der Waals surface area contributed by atoms with E-state index < -0.39 is 0 Å². The van der Waals surface area contributed by atoms with E-state index in [1.165, 1.54) is 11.8 Å². The Morgan fingerprint density at radius 3 is 2.08 bits per heavy atom. The molecule has 0 saturated heterocycles. The second-order valence-corrected chi connectivity index (χ2v) is 9.31. The van der Waals surface area contributed by atoms with Gasteiger partial charge in [-0.15, -0.1) is 11.8 Å². The number of hydrogen-bond acceptors (Lipinski definition) is 5. The highest BCUT2D eigenvalue weighted by atomic mass is 32.2. The molecule has 0 aliphatic heterocycles. The average molecular weight is 499 g/mol. The summed E-state index contributed by atoms with van der Waals surface area (Å²) in [6.07, 6.45) is 0. The molecule has 0 fully saturated rings. The summed E-state index contributed by atoms with van der Waals surface area (Å²) in [5.74, 6) is 1.79. The summed E-state index contributed by atoms with van der Waals surface area (Å²) in [5.41, 5.74) is 1.87. The van der Waals surface area contributed by atoms with Crippen LogP contribution in [0.5, 0.6) is 17.2 Å². The molecule has 6 nitrogen and oxygen atoms in total. The molecule has 4 aromatic carbocycles. The van der Waals surface area contributed by atoms with Crippen molar-refractivity contribution in [2.45, 2.75) is 17.1 Å². The molecule has 0 spiro atoms. The van der Waals surface area contributed by atoms with Gasteiger partial charge in [0.05, 0.1) is 12.4 Å². The highest BCUT2D eigenvalue weighted by Gasteiger charge is 2.15. The number of rotatable bonds is 9. The van der Waals surface area contributed by atoms with Crippen molar-refractivity contribution in [3.05, 3.63) is 109 Å². The van der Waals surface area contributed by atoms with E-state index in [0.29, 0.717) is 28.4 Å². The van der Waals surface area contributed by atoms with Gasteiger partial charge >= 0.3 is 0 Å². The second-order valence-electron chi connectivity index (χ2n) is 7.90. The van der Waals surface area contributed by atoms with Gasteiger partial charge in [-0.1, -0.05) is 24.3 Å². The molecule has 4 aromatic rings. The van der Waals surface area contributed by atoms with Gasteiger partial charge in [-0.2, -0.15) is 0 Å². The zero-order chi connectivity index (χ0) is 25.3. The van der Waals surface area contributed by atoms with Crippen LogP contribution in [0.25, 0.3) is 0 Å². The number of thioether (sulfide) groups is 1. The molecule has 2 amide bonds. The maximum absolute atomic E-state index is 12.7. The monoisotopic (exact) mass is 498 g/mol. The van der Waals surface area contributed by atoms with Gasteiger partial charge in [0.1, 0.15) is 17.2 Å². The summed E-state index contributed by atoms with van der Waals surface area (Å²) in [7, 11) is 1.58. The van der Waals surface area contributed by atoms with Crippen molar-refractivity contribution in [1.29, 1.82) is 0 Å². The van der Waals surface area contributed by atoms with Gasteiger partial charge in [0, 0.05) is 21.8 Å². The lowest BCUT2D eigenvalue weighted by Crippen LogP contribution is -2.22. The molecule has 36 heavy (non-hydrogen) atoms. The van der Waals surface area contributed by atoms with Gasteiger partial charge < -0.3 is 20.1 Å². The Hall–Kier alpha value is -4.23. The summed E-state index contributed by atoms with van der Waals surface area (Å²) in [6.45, 7) is 1.84. The minimum atomic E-state index is -0.349. The van der Waals surface area contributed by atoms with Crippen LogP contribution in [0.4, 0.5) is 11.4 Å². The van der Waals surface area contributed by atoms with Crippen molar-refractivity contribution >= 4 is 35.0 Å². The predicted molar refractivity (Wildman–Crippen MR) is 144 cm³/mol. The molecule has 2 N–H and O–H groups in total. The van der Waals surface area contributed by atoms with E-state index in [-0.39, 0.29) is 17.1 Å². The Balaban J connectivity index is 1.31. The summed E-state index contributed by atoms with van der Waals surface area (Å²) >= 11 is 1.41. The number of ether oxygens (including phenoxy) is 2. The Bertz CT molecular complexity index is 1310. The smallest absolute Gasteiger partial charge is 0.255 e. The Morgan fingerprint density at radius 1 is 0.722 bits per heavy atom. The number of carbonyl (C=O) groups excluding carboxylic acids is 2. The third kappa shape index (κ3) is 6.90. The minimum absolute atomic E-state index is 0.121. The number of amides is 2. The van der Waals surface area contributed by atoms with Gasteiger partial charge in [0.2, 0.25) is 5.91 Å². The highest BCUT2D eigenvalue weighted by molar-refractivity contribution is 8.00. The molecular formula is C29H26N2O4S. The minimum Gasteiger partial charge on any atom is -0.497 e. The standard InChI is InChI=1S/C29H26N2O4S/c1-20(28(32)30-22-13-17-26(18-14-22)35-25-8-4-3-5-9-25)36-27-10-6-7-23(19-27)31-29(33)21-11-15-24(34-2)16-12-21/h3-20H,1-2H3,(H,30,32)(H,31,33). The van der Waals surface area contributed by atoms with Crippen LogP contribution >= 0.6 is 11.8 Å². The first-order valence-electron chi connectivity index (χ1n) is 11.4. The molecule has 182 valence electrons. The lowest BCUT2D eigenvalue weighted by atomic mass is 10.2. The van der Waals surface area contributed by atoms with Gasteiger partial charge in [-0.05, 0) is 85.8 Å². The van der Waals surface area contributed by atoms with E-state index in [2.05, 4.69) is 10.6 Å². The molecule has 1 unspecified atom stereocenters. The zero-order valence-electron chi connectivity index (χ0n) is 19.9. The predicted octanol–water partition coefficient (Wildman–Crippen LogP) is 6.86. The summed E-state index contributed by atoms with van der Waals surface area (Å²) in [5, 5.41) is 5.48. The van der Waals surface area contributed by atoms with Gasteiger partial charge in [0.15, 0.2) is 0 Å². The van der Waals surface area contributed by atoms with Crippen LogP contribution in [0.15, 0.2) is 108 Å². The van der Waals surface area contributed by atoms with E-state index in [1.54, 1.807) is 31.4 Å². The molecule has 0 heterocycles. The molecule has 1 atom stereocenters. The van der Waals surface area contributed by atoms with Crippen molar-refractivity contribution < 1.29 is 19.1 Å². The number of anilines is 2. The van der Waals surface area contributed by atoms with Crippen molar-refractivity contribution in [3.8, 4) is 17.2 Å². The van der Waals surface area contributed by atoms with Crippen LogP contribution in [0.1, 0.15) is 17.3 Å². The number of benzene rings is 4. The van der Waals surface area contributed by atoms with Crippen LogP contribution in [-0.4, -0.2) is 24.2 Å². The summed E-state index contributed by atoms with van der Waals surface area (Å²) in [6, 6.07) is 31.1. The molecule has 0 aliphatic carbocycles. The van der Waals surface area contributed by atoms with E-state index >= 15 is 0 Å². The first-order valence-corrected chi connectivity index (χ1v) is 12.2. The topological polar surface area (TPSA) is 76.7 Å². The van der Waals surface area contributed by atoms with Crippen molar-refractivity contribution in [3.63, 3.8) is 0 Å². The Kier molecular flexibility index (Phi) is 8.26. The maximum atomic E-state index is 12.7. The van der Waals surface area contributed by atoms with E-state index in [0.717, 1.165) is 10.6 Å². The normalized spacial score (nSPS) is 11.3. The molecule has 4 rings (SSSR count). The number of nitrogens with one attached hydrogen (secondary N) is 2. The Morgan fingerprint density at radius 2 is 1.39 bits per heavy atom. The fourth-order valence-electron chi connectivity index (χ4n) is 3.33. The van der Waals surface area contributed by atoms with Gasteiger partial charge in [0.25, 0.3) is 5.91 Å². The van der Waals surface area contributed by atoms with E-state index in [1.807, 2.05) is 85.8 Å². The summed E-state index contributed by atoms with van der Waals surface area (Å²) < 4.78 is 10.9. The van der Waals surface area contributed by atoms with E-state index in [4.69, 9.17) is 9.47 Å². The highest BCUT2D eigenvalue weighted by Crippen LogP contribution is 2.28. The molecule has 0 saturated carbocycles. The van der Waals surface area contributed by atoms with Crippen LogP contribution in [0.2, 0.25) is 0 Å². The molecule has 0 radical (unpaired) electrons. The number of carbonyl (C=O) groups is 2. The largest absolute Gasteiger partial charge is 0.497 e. The Labute approximate surface area is 214 Å². The first kappa shape index (κ1) is 24.9. The molecule has 0 aliphatic rings. The number of methoxy groups -OCH3 is 1. The molecule has 0 bridgehead atoms. The SMILES string of the molecule is COc1ccc(C(=O)Nc2cccc(SC(C)C(=O)Nc3ccc(Oc4ccccc4)cc3)c2)cc1. The van der Waals surface area contributed by atoms with Crippen molar-refractivity contribution in [2.24, 2.45) is 0 Å². The molecule has 7 heteroatoms. The van der Waals surface area contributed by atoms with Crippen molar-refractivity contribution in [1.82, 2.24) is 0 Å². The van der Waals surface area contributed by atoms with Crippen LogP contribution < -0.4 is 20.1 Å². The number of para-hydroxylation sites is 1. The average Bonchev–Trinajstić information content (AvgIpc) is 2.90. The van der Waals surface area contributed by atoms with Gasteiger partial charge in [-0.25, -0.2) is 0 Å². The lowest BCUT2D eigenvalue weighted by Gasteiger charge is -2.13. The van der Waals surface area contributed by atoms with Crippen molar-refractivity contribution in [2.75, 3.05) is 17.7 Å². The lowest BCUT2D eigenvalue weighted by molar-refractivity contribution is -0.115. The van der Waals surface area contributed by atoms with Crippen LogP contribution in [0.3, 0.4) is 0 Å². The fraction of sp³-hybridized carbons (Fsp3) is 0.103. The van der Waals surface area contributed by atoms with E-state index in [9.17, 15) is 9.59 Å². The van der Waals surface area contributed by atoms with Crippen LogP contribution in [0, 0.1) is 0 Å². The zero-order valence-corrected chi connectivity index (χ0v) is 20.8.